The van der Waals surface area contributed by atoms with Crippen LogP contribution in [0.2, 0.25) is 0 Å². The number of phenolic OH excluding ortho intramolecular Hbond substituents is 1. The molecule has 1 aromatic rings. The molecular weight excluding hydrogens is 280 g/mol. The number of rotatable bonds is 9. The van der Waals surface area contributed by atoms with Crippen molar-refractivity contribution in [2.45, 2.75) is 51.7 Å². The summed E-state index contributed by atoms with van der Waals surface area (Å²) < 4.78 is 0. The van der Waals surface area contributed by atoms with Crippen LogP contribution in [0.3, 0.4) is 0 Å². The van der Waals surface area contributed by atoms with Gasteiger partial charge in [-0.05, 0) is 37.0 Å². The summed E-state index contributed by atoms with van der Waals surface area (Å²) in [4.78, 5) is 11.9. The quantitative estimate of drug-likeness (QED) is 0.521. The van der Waals surface area contributed by atoms with Crippen LogP contribution in [0.4, 0.5) is 0 Å². The lowest BCUT2D eigenvalue weighted by atomic mass is 9.94. The van der Waals surface area contributed by atoms with Crippen molar-refractivity contribution in [1.29, 1.82) is 0 Å². The van der Waals surface area contributed by atoms with Crippen LogP contribution in [-0.2, 0) is 11.2 Å². The SMILES string of the molecule is CCCCNC(=O)[C@H](C)C[C@H](O)[C@@H](N)Cc1ccc(O)cc1. The highest BCUT2D eigenvalue weighted by Gasteiger charge is 2.22. The Kier molecular flexibility index (Phi) is 7.91. The number of nitrogens with two attached hydrogens (primary N) is 1. The van der Waals surface area contributed by atoms with E-state index < -0.39 is 12.1 Å². The maximum atomic E-state index is 11.9. The number of unbranched alkanes of at least 4 members (excludes halogenated alkanes) is 1. The minimum Gasteiger partial charge on any atom is -0.508 e. The smallest absolute Gasteiger partial charge is 0.222 e. The van der Waals surface area contributed by atoms with E-state index in [9.17, 15) is 15.0 Å². The molecule has 0 unspecified atom stereocenters. The fourth-order valence-electron chi connectivity index (χ4n) is 2.25. The molecule has 0 fully saturated rings. The third-order valence-electron chi connectivity index (χ3n) is 3.77. The van der Waals surface area contributed by atoms with E-state index in [1.54, 1.807) is 31.2 Å². The number of benzene rings is 1. The van der Waals surface area contributed by atoms with Crippen LogP contribution in [0.15, 0.2) is 24.3 Å². The van der Waals surface area contributed by atoms with Gasteiger partial charge in [0.15, 0.2) is 0 Å². The molecule has 5 heteroatoms. The van der Waals surface area contributed by atoms with Gasteiger partial charge in [0.05, 0.1) is 6.10 Å². The second kappa shape index (κ2) is 9.43. The molecule has 0 saturated carbocycles. The number of hydrogen-bond acceptors (Lipinski definition) is 4. The topological polar surface area (TPSA) is 95.6 Å². The van der Waals surface area contributed by atoms with Gasteiger partial charge < -0.3 is 21.3 Å². The second-order valence-corrected chi connectivity index (χ2v) is 5.88. The fourth-order valence-corrected chi connectivity index (χ4v) is 2.25. The van der Waals surface area contributed by atoms with Crippen LogP contribution in [0.1, 0.15) is 38.7 Å². The Labute approximate surface area is 132 Å². The monoisotopic (exact) mass is 308 g/mol. The van der Waals surface area contributed by atoms with E-state index >= 15 is 0 Å². The normalized spacial score (nSPS) is 15.1. The van der Waals surface area contributed by atoms with Crippen molar-refractivity contribution in [3.8, 4) is 5.75 Å². The molecule has 0 heterocycles. The first-order valence-corrected chi connectivity index (χ1v) is 7.93. The summed E-state index contributed by atoms with van der Waals surface area (Å²) in [6.07, 6.45) is 2.11. The summed E-state index contributed by atoms with van der Waals surface area (Å²) >= 11 is 0. The lowest BCUT2D eigenvalue weighted by Crippen LogP contribution is -2.40. The van der Waals surface area contributed by atoms with Crippen LogP contribution < -0.4 is 11.1 Å². The number of carbonyl (C=O) groups excluding carboxylic acids is 1. The predicted molar refractivity (Wildman–Crippen MR) is 87.5 cm³/mol. The molecule has 1 rings (SSSR count). The predicted octanol–water partition coefficient (Wildman–Crippen LogP) is 1.57. The number of aromatic hydroxyl groups is 1. The molecular formula is C17H28N2O3. The third kappa shape index (κ3) is 6.45. The molecule has 5 N–H and O–H groups in total. The van der Waals surface area contributed by atoms with E-state index in [0.29, 0.717) is 19.4 Å². The van der Waals surface area contributed by atoms with Crippen molar-refractivity contribution < 1.29 is 15.0 Å². The van der Waals surface area contributed by atoms with Crippen LogP contribution >= 0.6 is 0 Å². The summed E-state index contributed by atoms with van der Waals surface area (Å²) in [5.74, 6) is -0.0997. The average Bonchev–Trinajstić information content (AvgIpc) is 2.49. The lowest BCUT2D eigenvalue weighted by Gasteiger charge is -2.22. The number of aliphatic hydroxyl groups is 1. The third-order valence-corrected chi connectivity index (χ3v) is 3.77. The largest absolute Gasteiger partial charge is 0.508 e. The van der Waals surface area contributed by atoms with E-state index in [2.05, 4.69) is 12.2 Å². The number of aliphatic hydroxyl groups excluding tert-OH is 1. The molecule has 5 nitrogen and oxygen atoms in total. The standard InChI is InChI=1S/C17H28N2O3/c1-3-4-9-19-17(22)12(2)10-16(21)15(18)11-13-5-7-14(20)8-6-13/h5-8,12,15-16,20-21H,3-4,9-11,18H2,1-2H3,(H,19,22)/t12-,15+,16+/m1/s1. The van der Waals surface area contributed by atoms with E-state index in [-0.39, 0.29) is 17.6 Å². The fraction of sp³-hybridized carbons (Fsp3) is 0.588. The molecule has 0 saturated heterocycles. The first kappa shape index (κ1) is 18.5. The molecule has 0 aliphatic rings. The van der Waals surface area contributed by atoms with Crippen LogP contribution in [0.5, 0.6) is 5.75 Å². The van der Waals surface area contributed by atoms with Gasteiger partial charge in [0.25, 0.3) is 0 Å². The van der Waals surface area contributed by atoms with Crippen LogP contribution in [-0.4, -0.2) is 34.8 Å². The van der Waals surface area contributed by atoms with E-state index in [1.165, 1.54) is 0 Å². The molecule has 3 atom stereocenters. The molecule has 1 amide bonds. The zero-order valence-electron chi connectivity index (χ0n) is 13.5. The first-order chi connectivity index (χ1) is 10.4. The second-order valence-electron chi connectivity index (χ2n) is 5.88. The number of nitrogens with one attached hydrogen (secondary N) is 1. The molecule has 0 aliphatic heterocycles. The number of carbonyl (C=O) groups is 1. The maximum absolute atomic E-state index is 11.9. The average molecular weight is 308 g/mol. The summed E-state index contributed by atoms with van der Waals surface area (Å²) in [6.45, 7) is 4.55. The highest BCUT2D eigenvalue weighted by molar-refractivity contribution is 5.78. The van der Waals surface area contributed by atoms with Crippen molar-refractivity contribution >= 4 is 5.91 Å². The van der Waals surface area contributed by atoms with Gasteiger partial charge in [-0.1, -0.05) is 32.4 Å². The van der Waals surface area contributed by atoms with E-state index in [0.717, 1.165) is 18.4 Å². The number of amides is 1. The summed E-state index contributed by atoms with van der Waals surface area (Å²) in [5.41, 5.74) is 6.96. The Balaban J connectivity index is 2.40. The van der Waals surface area contributed by atoms with Gasteiger partial charge in [0.2, 0.25) is 5.91 Å². The van der Waals surface area contributed by atoms with Gasteiger partial charge >= 0.3 is 0 Å². The molecule has 22 heavy (non-hydrogen) atoms. The van der Waals surface area contributed by atoms with Crippen molar-refractivity contribution in [3.63, 3.8) is 0 Å². The zero-order valence-corrected chi connectivity index (χ0v) is 13.5. The Hall–Kier alpha value is -1.59. The molecule has 0 radical (unpaired) electrons. The molecule has 0 spiro atoms. The summed E-state index contributed by atoms with van der Waals surface area (Å²) in [7, 11) is 0. The Morgan fingerprint density at radius 1 is 1.32 bits per heavy atom. The maximum Gasteiger partial charge on any atom is 0.222 e. The first-order valence-electron chi connectivity index (χ1n) is 7.93. The molecule has 1 aromatic carbocycles. The minimum atomic E-state index is -0.735. The lowest BCUT2D eigenvalue weighted by molar-refractivity contribution is -0.125. The summed E-state index contributed by atoms with van der Waals surface area (Å²) in [6, 6.07) is 6.32. The van der Waals surface area contributed by atoms with Gasteiger partial charge in [0.1, 0.15) is 5.75 Å². The Morgan fingerprint density at radius 2 is 1.95 bits per heavy atom. The summed E-state index contributed by atoms with van der Waals surface area (Å²) in [5, 5.41) is 22.3. The van der Waals surface area contributed by atoms with E-state index in [1.807, 2.05) is 0 Å². The number of phenols is 1. The van der Waals surface area contributed by atoms with Gasteiger partial charge in [-0.25, -0.2) is 0 Å². The zero-order chi connectivity index (χ0) is 16.5. The van der Waals surface area contributed by atoms with Gasteiger partial charge in [-0.3, -0.25) is 4.79 Å². The minimum absolute atomic E-state index is 0.0377. The Morgan fingerprint density at radius 3 is 2.55 bits per heavy atom. The van der Waals surface area contributed by atoms with Crippen LogP contribution in [0, 0.1) is 5.92 Å². The molecule has 0 aromatic heterocycles. The van der Waals surface area contributed by atoms with Gasteiger partial charge in [-0.15, -0.1) is 0 Å². The number of hydrogen-bond donors (Lipinski definition) is 4. The van der Waals surface area contributed by atoms with E-state index in [4.69, 9.17) is 5.73 Å². The highest BCUT2D eigenvalue weighted by atomic mass is 16.3. The highest BCUT2D eigenvalue weighted by Crippen LogP contribution is 2.14. The van der Waals surface area contributed by atoms with Gasteiger partial charge in [0, 0.05) is 18.5 Å². The molecule has 0 bridgehead atoms. The Bertz CT molecular complexity index is 448. The molecule has 0 aliphatic carbocycles. The van der Waals surface area contributed by atoms with Crippen molar-refractivity contribution in [2.24, 2.45) is 11.7 Å². The van der Waals surface area contributed by atoms with Crippen molar-refractivity contribution in [2.75, 3.05) is 6.54 Å². The van der Waals surface area contributed by atoms with Crippen molar-refractivity contribution in [3.05, 3.63) is 29.8 Å². The van der Waals surface area contributed by atoms with Gasteiger partial charge in [-0.2, -0.15) is 0 Å². The van der Waals surface area contributed by atoms with Crippen LogP contribution in [0.25, 0.3) is 0 Å². The molecule has 124 valence electrons. The van der Waals surface area contributed by atoms with Crippen molar-refractivity contribution in [1.82, 2.24) is 5.32 Å².